The van der Waals surface area contributed by atoms with Crippen LogP contribution in [-0.4, -0.2) is 31.1 Å². The molecule has 4 heteroatoms. The third-order valence-electron chi connectivity index (χ3n) is 3.73. The summed E-state index contributed by atoms with van der Waals surface area (Å²) >= 11 is 0. The molecule has 0 radical (unpaired) electrons. The van der Waals surface area contributed by atoms with Crippen LogP contribution in [0.1, 0.15) is 71.1 Å². The van der Waals surface area contributed by atoms with Crippen LogP contribution in [0.2, 0.25) is 0 Å². The maximum Gasteiger partial charge on any atom is 0.361 e. The Balaban J connectivity index is 3.32. The average Bonchev–Trinajstić information content (AvgIpc) is 2.60. The number of allylic oxidation sites excluding steroid dienone is 6. The molecule has 0 spiro atoms. The van der Waals surface area contributed by atoms with Crippen LogP contribution < -0.4 is 0 Å². The zero-order valence-electron chi connectivity index (χ0n) is 16.0. The predicted octanol–water partition coefficient (Wildman–Crippen LogP) is 5.65. The smallest absolute Gasteiger partial charge is 0.361 e. The highest BCUT2D eigenvalue weighted by molar-refractivity contribution is 5.70. The van der Waals surface area contributed by atoms with Gasteiger partial charge in [-0.1, -0.05) is 69.1 Å². The summed E-state index contributed by atoms with van der Waals surface area (Å²) < 4.78 is 9.84. The Morgan fingerprint density at radius 3 is 2.04 bits per heavy atom. The van der Waals surface area contributed by atoms with Crippen molar-refractivity contribution in [2.75, 3.05) is 13.7 Å². The number of hydrogen-bond donors (Lipinski definition) is 1. The predicted molar refractivity (Wildman–Crippen MR) is 104 cm³/mol. The van der Waals surface area contributed by atoms with Gasteiger partial charge in [-0.3, -0.25) is 0 Å². The van der Waals surface area contributed by atoms with E-state index in [-0.39, 0.29) is 0 Å². The SMILES string of the molecule is CCC=CCC=CCC=CCCCCCCCCOC(OC)C(=O)O. The number of carboxylic acid groups (broad SMARTS) is 1. The number of unbranched alkanes of at least 4 members (excludes halogenated alkanes) is 6. The largest absolute Gasteiger partial charge is 0.477 e. The van der Waals surface area contributed by atoms with Crippen LogP contribution in [0.4, 0.5) is 0 Å². The number of methoxy groups -OCH3 is 1. The van der Waals surface area contributed by atoms with Crippen LogP contribution in [-0.2, 0) is 14.3 Å². The monoisotopic (exact) mass is 352 g/mol. The normalized spacial score (nSPS) is 13.4. The minimum Gasteiger partial charge on any atom is -0.477 e. The Morgan fingerprint density at radius 2 is 1.44 bits per heavy atom. The lowest BCUT2D eigenvalue weighted by molar-refractivity contribution is -0.183. The molecule has 0 aliphatic carbocycles. The van der Waals surface area contributed by atoms with Crippen molar-refractivity contribution in [1.29, 1.82) is 0 Å². The van der Waals surface area contributed by atoms with Gasteiger partial charge in [0.2, 0.25) is 0 Å². The van der Waals surface area contributed by atoms with Gasteiger partial charge in [-0.2, -0.15) is 0 Å². The first-order valence-corrected chi connectivity index (χ1v) is 9.54. The quantitative estimate of drug-likeness (QED) is 0.209. The zero-order chi connectivity index (χ0) is 18.6. The molecule has 0 bridgehead atoms. The second-order valence-electron chi connectivity index (χ2n) is 5.98. The highest BCUT2D eigenvalue weighted by Crippen LogP contribution is 2.08. The lowest BCUT2D eigenvalue weighted by atomic mass is 10.1. The summed E-state index contributed by atoms with van der Waals surface area (Å²) in [6, 6.07) is 0. The zero-order valence-corrected chi connectivity index (χ0v) is 16.0. The Labute approximate surface area is 153 Å². The van der Waals surface area contributed by atoms with Crippen molar-refractivity contribution in [3.05, 3.63) is 36.5 Å². The van der Waals surface area contributed by atoms with E-state index < -0.39 is 12.3 Å². The molecular formula is C21H36O4. The second kappa shape index (κ2) is 18.9. The van der Waals surface area contributed by atoms with E-state index in [4.69, 9.17) is 14.6 Å². The molecule has 0 saturated heterocycles. The molecule has 1 N–H and O–H groups in total. The lowest BCUT2D eigenvalue weighted by Gasteiger charge is -2.11. The molecule has 0 saturated carbocycles. The Morgan fingerprint density at radius 1 is 0.880 bits per heavy atom. The summed E-state index contributed by atoms with van der Waals surface area (Å²) in [4.78, 5) is 10.7. The van der Waals surface area contributed by atoms with Crippen LogP contribution >= 0.6 is 0 Å². The topological polar surface area (TPSA) is 55.8 Å². The van der Waals surface area contributed by atoms with Crippen LogP contribution in [0.25, 0.3) is 0 Å². The van der Waals surface area contributed by atoms with Crippen LogP contribution in [0.3, 0.4) is 0 Å². The van der Waals surface area contributed by atoms with Crippen molar-refractivity contribution in [1.82, 2.24) is 0 Å². The van der Waals surface area contributed by atoms with Gasteiger partial charge in [0.15, 0.2) is 0 Å². The third-order valence-corrected chi connectivity index (χ3v) is 3.73. The second-order valence-corrected chi connectivity index (χ2v) is 5.98. The first-order chi connectivity index (χ1) is 12.2. The van der Waals surface area contributed by atoms with Crippen molar-refractivity contribution < 1.29 is 19.4 Å². The van der Waals surface area contributed by atoms with E-state index >= 15 is 0 Å². The standard InChI is InChI=1S/C21H36O4/c1-3-4-5-6-7-8-9-10-11-12-13-14-15-16-17-18-19-25-21(24-2)20(22)23/h4-5,7-8,10-11,21H,3,6,9,12-19H2,1-2H3,(H,22,23). The number of carbonyl (C=O) groups is 1. The van der Waals surface area contributed by atoms with Gasteiger partial charge in [-0.05, 0) is 38.5 Å². The third kappa shape index (κ3) is 17.2. The van der Waals surface area contributed by atoms with Gasteiger partial charge in [0.25, 0.3) is 6.29 Å². The molecule has 144 valence electrons. The van der Waals surface area contributed by atoms with Gasteiger partial charge < -0.3 is 14.6 Å². The van der Waals surface area contributed by atoms with Gasteiger partial charge in [0.05, 0.1) is 6.61 Å². The molecule has 4 nitrogen and oxygen atoms in total. The summed E-state index contributed by atoms with van der Waals surface area (Å²) in [6.45, 7) is 2.59. The van der Waals surface area contributed by atoms with E-state index in [2.05, 4.69) is 43.4 Å². The van der Waals surface area contributed by atoms with Crippen LogP contribution in [0, 0.1) is 0 Å². The minimum absolute atomic E-state index is 0.440. The van der Waals surface area contributed by atoms with Crippen molar-refractivity contribution in [2.24, 2.45) is 0 Å². The van der Waals surface area contributed by atoms with E-state index in [1.54, 1.807) is 0 Å². The highest BCUT2D eigenvalue weighted by Gasteiger charge is 2.15. The molecule has 0 aliphatic heterocycles. The van der Waals surface area contributed by atoms with Crippen molar-refractivity contribution in [3.63, 3.8) is 0 Å². The van der Waals surface area contributed by atoms with Crippen molar-refractivity contribution in [2.45, 2.75) is 77.4 Å². The van der Waals surface area contributed by atoms with Gasteiger partial charge in [-0.15, -0.1) is 0 Å². The molecule has 0 amide bonds. The number of carboxylic acids is 1. The molecule has 1 atom stereocenters. The maximum absolute atomic E-state index is 10.7. The Bertz CT molecular complexity index is 385. The first-order valence-electron chi connectivity index (χ1n) is 9.54. The molecule has 0 aromatic carbocycles. The first kappa shape index (κ1) is 23.6. The Hall–Kier alpha value is -1.39. The molecule has 0 aromatic rings. The van der Waals surface area contributed by atoms with Gasteiger partial charge in [0, 0.05) is 7.11 Å². The van der Waals surface area contributed by atoms with Gasteiger partial charge in [0.1, 0.15) is 0 Å². The highest BCUT2D eigenvalue weighted by atomic mass is 16.7. The molecule has 25 heavy (non-hydrogen) atoms. The van der Waals surface area contributed by atoms with Gasteiger partial charge in [-0.25, -0.2) is 4.79 Å². The molecule has 0 heterocycles. The molecule has 0 aliphatic rings. The number of hydrogen-bond acceptors (Lipinski definition) is 3. The summed E-state index contributed by atoms with van der Waals surface area (Å²) in [5.41, 5.74) is 0. The van der Waals surface area contributed by atoms with Crippen LogP contribution in [0.15, 0.2) is 36.5 Å². The van der Waals surface area contributed by atoms with E-state index in [0.717, 1.165) is 38.5 Å². The van der Waals surface area contributed by atoms with E-state index in [1.807, 2.05) is 0 Å². The molecule has 0 aromatic heterocycles. The molecular weight excluding hydrogens is 316 g/mol. The van der Waals surface area contributed by atoms with Crippen molar-refractivity contribution >= 4 is 5.97 Å². The fourth-order valence-corrected chi connectivity index (χ4v) is 2.33. The minimum atomic E-state index is -1.13. The number of rotatable bonds is 17. The summed E-state index contributed by atoms with van der Waals surface area (Å²) in [5, 5.41) is 8.75. The van der Waals surface area contributed by atoms with Crippen LogP contribution in [0.5, 0.6) is 0 Å². The van der Waals surface area contributed by atoms with E-state index in [0.29, 0.717) is 6.61 Å². The van der Waals surface area contributed by atoms with Gasteiger partial charge >= 0.3 is 5.97 Å². The number of aliphatic carboxylic acids is 1. The van der Waals surface area contributed by atoms with Crippen molar-refractivity contribution in [3.8, 4) is 0 Å². The van der Waals surface area contributed by atoms with E-state index in [1.165, 1.54) is 32.8 Å². The fraction of sp³-hybridized carbons (Fsp3) is 0.667. The molecule has 0 fully saturated rings. The molecule has 1 unspecified atom stereocenters. The fourth-order valence-electron chi connectivity index (χ4n) is 2.33. The van der Waals surface area contributed by atoms with E-state index in [9.17, 15) is 4.79 Å². The summed E-state index contributed by atoms with van der Waals surface area (Å²) in [5.74, 6) is -1.07. The molecule has 0 rings (SSSR count). The summed E-state index contributed by atoms with van der Waals surface area (Å²) in [6.07, 6.45) is 23.4. The number of ether oxygens (including phenoxy) is 2. The Kier molecular flexibility index (Phi) is 17.9. The summed E-state index contributed by atoms with van der Waals surface area (Å²) in [7, 11) is 1.34. The lowest BCUT2D eigenvalue weighted by Crippen LogP contribution is -2.26. The average molecular weight is 353 g/mol. The maximum atomic E-state index is 10.7.